The van der Waals surface area contributed by atoms with Gasteiger partial charge < -0.3 is 15.8 Å². The third-order valence-corrected chi connectivity index (χ3v) is 3.83. The maximum atomic E-state index is 12.8. The molecule has 3 N–H and O–H groups in total. The Morgan fingerprint density at radius 1 is 1.33 bits per heavy atom. The predicted octanol–water partition coefficient (Wildman–Crippen LogP) is 3.04. The minimum Gasteiger partial charge on any atom is -0.409 e. The first-order valence-electron chi connectivity index (χ1n) is 6.77. The van der Waals surface area contributed by atoms with Crippen LogP contribution in [0.4, 0.5) is 18.9 Å². The molecule has 1 aliphatic rings. The molecule has 1 heterocycles. The lowest BCUT2D eigenvalue weighted by atomic mass is 9.97. The van der Waals surface area contributed by atoms with Crippen LogP contribution in [-0.4, -0.2) is 24.1 Å². The molecule has 0 atom stereocenters. The van der Waals surface area contributed by atoms with E-state index in [4.69, 9.17) is 10.9 Å². The van der Waals surface area contributed by atoms with Crippen LogP contribution in [0.5, 0.6) is 0 Å². The summed E-state index contributed by atoms with van der Waals surface area (Å²) in [6.07, 6.45) is -2.52. The van der Waals surface area contributed by atoms with Gasteiger partial charge >= 0.3 is 6.18 Å². The maximum absolute atomic E-state index is 12.8. The molecule has 21 heavy (non-hydrogen) atoms. The average Bonchev–Trinajstić information content (AvgIpc) is 2.46. The number of nitrogens with two attached hydrogens (primary N) is 1. The largest absolute Gasteiger partial charge is 0.416 e. The van der Waals surface area contributed by atoms with E-state index < -0.39 is 11.7 Å². The molecule has 0 aliphatic carbocycles. The summed E-state index contributed by atoms with van der Waals surface area (Å²) in [5.74, 6) is 0.290. The van der Waals surface area contributed by atoms with Crippen molar-refractivity contribution in [1.82, 2.24) is 0 Å². The van der Waals surface area contributed by atoms with Crippen LogP contribution in [0.3, 0.4) is 0 Å². The molecule has 0 amide bonds. The van der Waals surface area contributed by atoms with Crippen LogP contribution in [0.1, 0.15) is 30.9 Å². The van der Waals surface area contributed by atoms with Gasteiger partial charge in [0.05, 0.1) is 5.56 Å². The Morgan fingerprint density at radius 3 is 2.48 bits per heavy atom. The molecule has 1 saturated heterocycles. The van der Waals surface area contributed by atoms with Crippen molar-refractivity contribution in [3.05, 3.63) is 29.3 Å². The molecule has 0 unspecified atom stereocenters. The summed E-state index contributed by atoms with van der Waals surface area (Å²) in [5, 5.41) is 11.7. The SMILES string of the molecule is CC1CCN(c2ccc(C(F)(F)F)cc2/C(N)=N/O)CC1. The number of oxime groups is 1. The maximum Gasteiger partial charge on any atom is 0.416 e. The summed E-state index contributed by atoms with van der Waals surface area (Å²) < 4.78 is 38.4. The lowest BCUT2D eigenvalue weighted by molar-refractivity contribution is -0.137. The van der Waals surface area contributed by atoms with E-state index in [2.05, 4.69) is 12.1 Å². The standard InChI is InChI=1S/C14H18F3N3O/c1-9-4-6-20(7-5-9)12-3-2-10(14(15,16)17)8-11(12)13(18)19-21/h2-3,8-9,21H,4-7H2,1H3,(H2,18,19). The quantitative estimate of drug-likeness (QED) is 0.382. The second-order valence-electron chi connectivity index (χ2n) is 5.38. The lowest BCUT2D eigenvalue weighted by Crippen LogP contribution is -2.34. The van der Waals surface area contributed by atoms with E-state index in [1.165, 1.54) is 6.07 Å². The molecule has 1 aliphatic heterocycles. The van der Waals surface area contributed by atoms with Gasteiger partial charge in [-0.2, -0.15) is 13.2 Å². The van der Waals surface area contributed by atoms with Gasteiger partial charge in [-0.1, -0.05) is 12.1 Å². The molecule has 1 fully saturated rings. The predicted molar refractivity (Wildman–Crippen MR) is 74.6 cm³/mol. The number of halogens is 3. The summed E-state index contributed by atoms with van der Waals surface area (Å²) >= 11 is 0. The third-order valence-electron chi connectivity index (χ3n) is 3.83. The number of hydrogen-bond donors (Lipinski definition) is 2. The Hall–Kier alpha value is -1.92. The smallest absolute Gasteiger partial charge is 0.409 e. The molecule has 4 nitrogen and oxygen atoms in total. The Labute approximate surface area is 121 Å². The fourth-order valence-corrected chi connectivity index (χ4v) is 2.50. The normalized spacial score (nSPS) is 18.1. The second kappa shape index (κ2) is 5.83. The highest BCUT2D eigenvalue weighted by atomic mass is 19.4. The van der Waals surface area contributed by atoms with Gasteiger partial charge in [0.1, 0.15) is 0 Å². The Bertz CT molecular complexity index is 535. The van der Waals surface area contributed by atoms with Gasteiger partial charge in [0.2, 0.25) is 0 Å². The Balaban J connectivity index is 2.41. The zero-order chi connectivity index (χ0) is 15.6. The first-order chi connectivity index (χ1) is 9.82. The van der Waals surface area contributed by atoms with Crippen molar-refractivity contribution in [3.8, 4) is 0 Å². The summed E-state index contributed by atoms with van der Waals surface area (Å²) in [7, 11) is 0. The molecule has 1 aromatic rings. The van der Waals surface area contributed by atoms with Crippen LogP contribution in [0.25, 0.3) is 0 Å². The summed E-state index contributed by atoms with van der Waals surface area (Å²) in [6.45, 7) is 3.64. The van der Waals surface area contributed by atoms with Gasteiger partial charge in [0.25, 0.3) is 0 Å². The zero-order valence-electron chi connectivity index (χ0n) is 11.7. The van der Waals surface area contributed by atoms with E-state index in [0.29, 0.717) is 11.6 Å². The minimum atomic E-state index is -4.46. The first kappa shape index (κ1) is 15.5. The third kappa shape index (κ3) is 3.40. The van der Waals surface area contributed by atoms with Crippen molar-refractivity contribution < 1.29 is 18.4 Å². The first-order valence-corrected chi connectivity index (χ1v) is 6.77. The fraction of sp³-hybridized carbons (Fsp3) is 0.500. The molecule has 0 spiro atoms. The van der Waals surface area contributed by atoms with Crippen LogP contribution >= 0.6 is 0 Å². The Kier molecular flexibility index (Phi) is 4.29. The van der Waals surface area contributed by atoms with Crippen molar-refractivity contribution in [2.75, 3.05) is 18.0 Å². The Morgan fingerprint density at radius 2 is 1.95 bits per heavy atom. The molecular weight excluding hydrogens is 283 g/mol. The number of nitrogens with zero attached hydrogens (tertiary/aromatic N) is 2. The van der Waals surface area contributed by atoms with Gasteiger partial charge in [-0.15, -0.1) is 0 Å². The second-order valence-corrected chi connectivity index (χ2v) is 5.38. The fourth-order valence-electron chi connectivity index (χ4n) is 2.50. The van der Waals surface area contributed by atoms with Crippen LogP contribution in [0.2, 0.25) is 0 Å². The van der Waals surface area contributed by atoms with Crippen LogP contribution in [0, 0.1) is 5.92 Å². The van der Waals surface area contributed by atoms with Crippen LogP contribution in [-0.2, 0) is 6.18 Å². The number of hydrogen-bond acceptors (Lipinski definition) is 3. The molecule has 7 heteroatoms. The highest BCUT2D eigenvalue weighted by molar-refractivity contribution is 6.02. The van der Waals surface area contributed by atoms with Crippen molar-refractivity contribution in [3.63, 3.8) is 0 Å². The van der Waals surface area contributed by atoms with E-state index in [0.717, 1.165) is 38.1 Å². The monoisotopic (exact) mass is 301 g/mol. The van der Waals surface area contributed by atoms with Gasteiger partial charge in [0, 0.05) is 24.3 Å². The van der Waals surface area contributed by atoms with E-state index in [9.17, 15) is 13.2 Å². The van der Waals surface area contributed by atoms with Crippen LogP contribution < -0.4 is 10.6 Å². The summed E-state index contributed by atoms with van der Waals surface area (Å²) in [4.78, 5) is 1.98. The van der Waals surface area contributed by atoms with Crippen LogP contribution in [0.15, 0.2) is 23.4 Å². The number of alkyl halides is 3. The molecule has 2 rings (SSSR count). The molecule has 0 radical (unpaired) electrons. The molecule has 0 saturated carbocycles. The highest BCUT2D eigenvalue weighted by Gasteiger charge is 2.32. The molecule has 116 valence electrons. The molecule has 0 bridgehead atoms. The molecular formula is C14H18F3N3O. The van der Waals surface area contributed by atoms with Gasteiger partial charge in [-0.3, -0.25) is 0 Å². The van der Waals surface area contributed by atoms with Crippen molar-refractivity contribution in [2.24, 2.45) is 16.8 Å². The number of benzene rings is 1. The van der Waals surface area contributed by atoms with E-state index in [1.807, 2.05) is 4.90 Å². The van der Waals surface area contributed by atoms with E-state index >= 15 is 0 Å². The lowest BCUT2D eigenvalue weighted by Gasteiger charge is -2.33. The summed E-state index contributed by atoms with van der Waals surface area (Å²) in [6, 6.07) is 3.36. The van der Waals surface area contributed by atoms with Crippen molar-refractivity contribution >= 4 is 11.5 Å². The van der Waals surface area contributed by atoms with E-state index in [1.54, 1.807) is 0 Å². The van der Waals surface area contributed by atoms with E-state index in [-0.39, 0.29) is 11.4 Å². The number of anilines is 1. The average molecular weight is 301 g/mol. The topological polar surface area (TPSA) is 61.8 Å². The number of piperidine rings is 1. The van der Waals surface area contributed by atoms with Gasteiger partial charge in [-0.25, -0.2) is 0 Å². The number of rotatable bonds is 2. The van der Waals surface area contributed by atoms with Gasteiger partial charge in [-0.05, 0) is 37.0 Å². The summed E-state index contributed by atoms with van der Waals surface area (Å²) in [5.41, 5.74) is 5.43. The van der Waals surface area contributed by atoms with Gasteiger partial charge in [0.15, 0.2) is 5.84 Å². The number of amidine groups is 1. The minimum absolute atomic E-state index is 0.113. The van der Waals surface area contributed by atoms with Crippen molar-refractivity contribution in [1.29, 1.82) is 0 Å². The van der Waals surface area contributed by atoms with Crippen molar-refractivity contribution in [2.45, 2.75) is 25.9 Å². The zero-order valence-corrected chi connectivity index (χ0v) is 11.7. The molecule has 1 aromatic carbocycles. The highest BCUT2D eigenvalue weighted by Crippen LogP contribution is 2.34. The molecule has 0 aromatic heterocycles.